The Morgan fingerprint density at radius 1 is 0.589 bits per heavy atom. The molecule has 280 valence electrons. The lowest BCUT2D eigenvalue weighted by atomic mass is 10.1. The molecule has 0 fully saturated rings. The Hall–Kier alpha value is -7.22. The normalized spacial score (nSPS) is 11.1. The van der Waals surface area contributed by atoms with E-state index in [0.717, 1.165) is 55.4 Å². The van der Waals surface area contributed by atoms with Crippen LogP contribution < -0.4 is 21.8 Å². The molecule has 14 heteroatoms. The van der Waals surface area contributed by atoms with E-state index in [-0.39, 0.29) is 11.1 Å². The summed E-state index contributed by atoms with van der Waals surface area (Å²) in [5.41, 5.74) is 8.74. The monoisotopic (exact) mass is 744 g/mol. The van der Waals surface area contributed by atoms with Crippen LogP contribution in [0.5, 0.6) is 0 Å². The van der Waals surface area contributed by atoms with Crippen molar-refractivity contribution in [1.82, 2.24) is 49.9 Å². The van der Waals surface area contributed by atoms with E-state index in [1.165, 1.54) is 6.07 Å². The van der Waals surface area contributed by atoms with Gasteiger partial charge in [0.05, 0.1) is 34.5 Å². The van der Waals surface area contributed by atoms with Crippen LogP contribution in [0.15, 0.2) is 120 Å². The van der Waals surface area contributed by atoms with Crippen LogP contribution in [0.4, 0.5) is 23.3 Å². The van der Waals surface area contributed by atoms with Crippen LogP contribution >= 0.6 is 0 Å². The van der Waals surface area contributed by atoms with Crippen LogP contribution in [0, 0.1) is 0 Å². The summed E-state index contributed by atoms with van der Waals surface area (Å²) < 4.78 is 1.67. The lowest BCUT2D eigenvalue weighted by molar-refractivity contribution is 0.728. The van der Waals surface area contributed by atoms with E-state index in [1.807, 2.05) is 67.7 Å². The summed E-state index contributed by atoms with van der Waals surface area (Å²) in [6, 6.07) is 22.1. The first-order chi connectivity index (χ1) is 27.1. The summed E-state index contributed by atoms with van der Waals surface area (Å²) in [7, 11) is 0. The van der Waals surface area contributed by atoms with Gasteiger partial charge in [-0.2, -0.15) is 10.2 Å². The number of fused-ring (bicyclic) bond motifs is 2. The first-order valence-corrected chi connectivity index (χ1v) is 18.2. The van der Waals surface area contributed by atoms with Gasteiger partial charge in [0, 0.05) is 54.6 Å². The lowest BCUT2D eigenvalue weighted by Crippen LogP contribution is -2.16. The number of H-pyrrole nitrogens is 1. The number of hydrogen-bond donors (Lipinski definition) is 3. The zero-order chi connectivity index (χ0) is 39.2. The van der Waals surface area contributed by atoms with Crippen LogP contribution in [0.1, 0.15) is 57.6 Å². The average Bonchev–Trinajstić information content (AvgIpc) is 3.21. The van der Waals surface area contributed by atoms with Crippen molar-refractivity contribution in [2.45, 2.75) is 53.0 Å². The van der Waals surface area contributed by atoms with E-state index in [0.29, 0.717) is 41.7 Å². The number of aromatic nitrogens is 10. The minimum absolute atomic E-state index is 0.0145. The molecule has 8 rings (SSSR count). The van der Waals surface area contributed by atoms with Crippen LogP contribution in [0.25, 0.3) is 44.3 Å². The van der Waals surface area contributed by atoms with Crippen molar-refractivity contribution in [3.05, 3.63) is 142 Å². The van der Waals surface area contributed by atoms with Crippen molar-refractivity contribution < 1.29 is 0 Å². The number of pyridine rings is 6. The highest BCUT2D eigenvalue weighted by atomic mass is 16.1. The van der Waals surface area contributed by atoms with E-state index < -0.39 is 0 Å². The average molecular weight is 745 g/mol. The third-order valence-electron chi connectivity index (χ3n) is 9.05. The summed E-state index contributed by atoms with van der Waals surface area (Å²) in [5, 5.41) is 22.8. The third-order valence-corrected chi connectivity index (χ3v) is 9.05. The first-order valence-electron chi connectivity index (χ1n) is 18.2. The Labute approximate surface area is 322 Å². The molecule has 0 saturated heterocycles. The molecule has 0 spiro atoms. The maximum atomic E-state index is 11.8. The van der Waals surface area contributed by atoms with E-state index >= 15 is 0 Å². The Kier molecular flexibility index (Phi) is 10.9. The Morgan fingerprint density at radius 2 is 1.12 bits per heavy atom. The molecule has 8 heterocycles. The first kappa shape index (κ1) is 37.1. The smallest absolute Gasteiger partial charge is 0.250 e. The Balaban J connectivity index is 0.000000172. The van der Waals surface area contributed by atoms with Gasteiger partial charge in [0.2, 0.25) is 5.56 Å². The molecule has 0 unspecified atom stereocenters. The fourth-order valence-electron chi connectivity index (χ4n) is 5.79. The molecule has 0 atom stereocenters. The Bertz CT molecular complexity index is 2760. The number of hydrogen-bond acceptors (Lipinski definition) is 12. The molecule has 0 bridgehead atoms. The SMILES string of the molecule is CC(C)c1cnnc(Nc2ccc3ncc(-c4ccc(=O)[nH]c4)cc3n2)c1.CCn1cc(-c2cnc3ccc(Nc4cc(C(C)C)cnn4)nc3c2)ccc1=O. The predicted octanol–water partition coefficient (Wildman–Crippen LogP) is 7.78. The fraction of sp³-hybridized carbons (Fsp3) is 0.190. The number of aromatic amines is 1. The van der Waals surface area contributed by atoms with Crippen LogP contribution in [-0.4, -0.2) is 49.9 Å². The molecule has 8 aromatic rings. The summed E-state index contributed by atoms with van der Waals surface area (Å²) in [4.78, 5) is 44.1. The highest BCUT2D eigenvalue weighted by Gasteiger charge is 2.09. The molecule has 3 N–H and O–H groups in total. The van der Waals surface area contributed by atoms with Gasteiger partial charge in [0.15, 0.2) is 11.6 Å². The summed E-state index contributed by atoms with van der Waals surface area (Å²) >= 11 is 0. The molecular weight excluding hydrogens is 705 g/mol. The number of aryl methyl sites for hydroxylation is 1. The molecule has 0 amide bonds. The van der Waals surface area contributed by atoms with Crippen LogP contribution in [0.3, 0.4) is 0 Å². The second-order valence-electron chi connectivity index (χ2n) is 13.7. The molecule has 8 aromatic heterocycles. The third kappa shape index (κ3) is 8.76. The molecule has 0 aliphatic carbocycles. The van der Waals surface area contributed by atoms with Gasteiger partial charge in [-0.25, -0.2) is 9.97 Å². The van der Waals surface area contributed by atoms with Gasteiger partial charge in [-0.3, -0.25) is 19.6 Å². The Morgan fingerprint density at radius 3 is 1.62 bits per heavy atom. The van der Waals surface area contributed by atoms with Gasteiger partial charge < -0.3 is 20.2 Å². The van der Waals surface area contributed by atoms with Gasteiger partial charge >= 0.3 is 0 Å². The van der Waals surface area contributed by atoms with Gasteiger partial charge in [0.1, 0.15) is 11.6 Å². The van der Waals surface area contributed by atoms with Crippen molar-refractivity contribution in [2.24, 2.45) is 0 Å². The van der Waals surface area contributed by atoms with E-state index in [4.69, 9.17) is 0 Å². The second kappa shape index (κ2) is 16.4. The molecule has 14 nitrogen and oxygen atoms in total. The number of nitrogens with one attached hydrogen (secondary N) is 3. The molecule has 0 aliphatic heterocycles. The maximum Gasteiger partial charge on any atom is 0.250 e. The largest absolute Gasteiger partial charge is 0.328 e. The number of nitrogens with zero attached hydrogens (tertiary/aromatic N) is 9. The number of anilines is 4. The van der Waals surface area contributed by atoms with Crippen LogP contribution in [-0.2, 0) is 6.54 Å². The standard InChI is InChI=1S/C22H22N6O.C20H18N6O/c1-4-28-13-15(5-8-22(28)29)17-9-19-18(23-11-17)6-7-20(25-19)26-21-10-16(14(2)3)12-24-27-21;1-12(2)14-8-19(26-23-11-14)25-18-5-4-16-17(24-18)7-15(10-21-16)13-3-6-20(27)22-9-13/h5-14H,4H2,1-3H3,(H,25,26,27);3-12H,1-2H3,(H,22,27)(H,24,25,26). The van der Waals surface area contributed by atoms with Crippen molar-refractivity contribution in [1.29, 1.82) is 0 Å². The minimum atomic E-state index is -0.137. The second-order valence-corrected chi connectivity index (χ2v) is 13.7. The highest BCUT2D eigenvalue weighted by molar-refractivity contribution is 5.83. The van der Waals surface area contributed by atoms with Gasteiger partial charge in [0.25, 0.3) is 5.56 Å². The van der Waals surface area contributed by atoms with E-state index in [9.17, 15) is 9.59 Å². The highest BCUT2D eigenvalue weighted by Crippen LogP contribution is 2.25. The van der Waals surface area contributed by atoms with Crippen molar-refractivity contribution in [2.75, 3.05) is 10.6 Å². The van der Waals surface area contributed by atoms with Crippen LogP contribution in [0.2, 0.25) is 0 Å². The summed E-state index contributed by atoms with van der Waals surface area (Å²) in [6.07, 6.45) is 10.6. The van der Waals surface area contributed by atoms with Crippen molar-refractivity contribution in [3.63, 3.8) is 0 Å². The maximum absolute atomic E-state index is 11.8. The number of rotatable bonds is 9. The predicted molar refractivity (Wildman–Crippen MR) is 219 cm³/mol. The topological polar surface area (TPSA) is 182 Å². The van der Waals surface area contributed by atoms with Crippen molar-refractivity contribution >= 4 is 45.3 Å². The minimum Gasteiger partial charge on any atom is -0.328 e. The lowest BCUT2D eigenvalue weighted by Gasteiger charge is -2.09. The molecular formula is C42H40N12O2. The fourth-order valence-corrected chi connectivity index (χ4v) is 5.79. The molecule has 56 heavy (non-hydrogen) atoms. The molecule has 0 radical (unpaired) electrons. The van der Waals surface area contributed by atoms with Gasteiger partial charge in [-0.15, -0.1) is 10.2 Å². The zero-order valence-corrected chi connectivity index (χ0v) is 31.6. The van der Waals surface area contributed by atoms with Crippen molar-refractivity contribution in [3.8, 4) is 22.3 Å². The summed E-state index contributed by atoms with van der Waals surface area (Å²) in [6.45, 7) is 11.0. The van der Waals surface area contributed by atoms with Gasteiger partial charge in [-0.1, -0.05) is 27.7 Å². The molecule has 0 aromatic carbocycles. The van der Waals surface area contributed by atoms with Gasteiger partial charge in [-0.05, 0) is 102 Å². The van der Waals surface area contributed by atoms with E-state index in [2.05, 4.69) is 83.6 Å². The summed E-state index contributed by atoms with van der Waals surface area (Å²) in [5.74, 6) is 3.38. The molecule has 0 saturated carbocycles. The quantitative estimate of drug-likeness (QED) is 0.131. The van der Waals surface area contributed by atoms with E-state index in [1.54, 1.807) is 47.7 Å². The zero-order valence-electron chi connectivity index (χ0n) is 31.6. The molecule has 0 aliphatic rings.